The molecule has 0 aliphatic heterocycles. The fourth-order valence-electron chi connectivity index (χ4n) is 0.605. The van der Waals surface area contributed by atoms with Crippen LogP contribution in [0.4, 0.5) is 0 Å². The summed E-state index contributed by atoms with van der Waals surface area (Å²) in [5.41, 5.74) is 1.01. The van der Waals surface area contributed by atoms with E-state index in [2.05, 4.69) is 4.98 Å². The number of aliphatic hydroxyl groups is 1. The predicted molar refractivity (Wildman–Crippen MR) is 34.7 cm³/mol. The second-order valence-corrected chi connectivity index (χ2v) is 1.67. The van der Waals surface area contributed by atoms with Crippen molar-refractivity contribution in [1.82, 2.24) is 4.98 Å². The highest BCUT2D eigenvalue weighted by Gasteiger charge is 1.86. The van der Waals surface area contributed by atoms with Crippen molar-refractivity contribution in [2.45, 2.75) is 0 Å². The minimum absolute atomic E-state index is 0.0873. The fraction of sp³-hybridized carbons (Fsp3) is 0.143. The summed E-state index contributed by atoms with van der Waals surface area (Å²) in [5, 5.41) is 8.44. The molecule has 2 heteroatoms. The molecule has 1 aromatic heterocycles. The monoisotopic (exact) mass is 122 g/mol. The number of nitrogens with zero attached hydrogens (tertiary/aromatic N) is 1. The molecule has 0 aliphatic rings. The standard InChI is InChI=1S/C7H8NO/c9-6-3-7-1-4-8-5-2-7/h1-5,9H,6H2. The van der Waals surface area contributed by atoms with E-state index in [9.17, 15) is 0 Å². The Morgan fingerprint density at radius 1 is 1.44 bits per heavy atom. The molecule has 1 rings (SSSR count). The minimum Gasteiger partial charge on any atom is -0.396 e. The van der Waals surface area contributed by atoms with E-state index < -0.39 is 0 Å². The number of pyridine rings is 1. The highest BCUT2D eigenvalue weighted by Crippen LogP contribution is 1.97. The highest BCUT2D eigenvalue weighted by molar-refractivity contribution is 5.18. The minimum atomic E-state index is 0.0873. The van der Waals surface area contributed by atoms with Crippen molar-refractivity contribution in [2.75, 3.05) is 6.61 Å². The quantitative estimate of drug-likeness (QED) is 0.624. The van der Waals surface area contributed by atoms with E-state index in [-0.39, 0.29) is 6.61 Å². The van der Waals surface area contributed by atoms with Crippen molar-refractivity contribution in [3.05, 3.63) is 36.5 Å². The van der Waals surface area contributed by atoms with Gasteiger partial charge in [-0.05, 0) is 17.7 Å². The number of aromatic nitrogens is 1. The summed E-state index contributed by atoms with van der Waals surface area (Å²) < 4.78 is 0. The molecule has 0 saturated heterocycles. The van der Waals surface area contributed by atoms with Crippen LogP contribution in [-0.4, -0.2) is 16.7 Å². The largest absolute Gasteiger partial charge is 0.396 e. The van der Waals surface area contributed by atoms with E-state index >= 15 is 0 Å². The van der Waals surface area contributed by atoms with Crippen LogP contribution in [0.3, 0.4) is 0 Å². The van der Waals surface area contributed by atoms with Crippen LogP contribution in [0.15, 0.2) is 24.5 Å². The average Bonchev–Trinajstić information content (AvgIpc) is 1.91. The lowest BCUT2D eigenvalue weighted by molar-refractivity contribution is 0.331. The molecule has 47 valence electrons. The summed E-state index contributed by atoms with van der Waals surface area (Å²) in [6, 6.07) is 3.69. The highest BCUT2D eigenvalue weighted by atomic mass is 16.2. The third kappa shape index (κ3) is 1.82. The molecular weight excluding hydrogens is 114 g/mol. The Kier molecular flexibility index (Phi) is 2.22. The summed E-state index contributed by atoms with van der Waals surface area (Å²) >= 11 is 0. The summed E-state index contributed by atoms with van der Waals surface area (Å²) in [5.74, 6) is 0. The normalized spacial score (nSPS) is 9.44. The summed E-state index contributed by atoms with van der Waals surface area (Å²) in [7, 11) is 0. The van der Waals surface area contributed by atoms with Crippen LogP contribution in [-0.2, 0) is 0 Å². The van der Waals surface area contributed by atoms with Crippen molar-refractivity contribution in [1.29, 1.82) is 0 Å². The van der Waals surface area contributed by atoms with Crippen molar-refractivity contribution >= 4 is 0 Å². The Morgan fingerprint density at radius 2 is 2.11 bits per heavy atom. The first-order valence-electron chi connectivity index (χ1n) is 2.77. The van der Waals surface area contributed by atoms with Gasteiger partial charge in [0.25, 0.3) is 0 Å². The van der Waals surface area contributed by atoms with Crippen molar-refractivity contribution in [3.8, 4) is 0 Å². The molecule has 0 saturated carbocycles. The van der Waals surface area contributed by atoms with Crippen molar-refractivity contribution < 1.29 is 5.11 Å². The van der Waals surface area contributed by atoms with Gasteiger partial charge in [0.1, 0.15) is 0 Å². The van der Waals surface area contributed by atoms with Crippen LogP contribution < -0.4 is 0 Å². The molecule has 9 heavy (non-hydrogen) atoms. The zero-order chi connectivity index (χ0) is 6.53. The topological polar surface area (TPSA) is 33.1 Å². The first-order valence-corrected chi connectivity index (χ1v) is 2.77. The Bertz CT molecular complexity index is 162. The second-order valence-electron chi connectivity index (χ2n) is 1.67. The van der Waals surface area contributed by atoms with Crippen LogP contribution >= 0.6 is 0 Å². The van der Waals surface area contributed by atoms with Gasteiger partial charge in [-0.3, -0.25) is 4.98 Å². The molecule has 1 radical (unpaired) electrons. The Labute approximate surface area is 54.2 Å². The van der Waals surface area contributed by atoms with E-state index in [4.69, 9.17) is 5.11 Å². The molecule has 0 aliphatic carbocycles. The van der Waals surface area contributed by atoms with Gasteiger partial charge in [-0.15, -0.1) is 0 Å². The second kappa shape index (κ2) is 3.20. The van der Waals surface area contributed by atoms with Gasteiger partial charge in [-0.25, -0.2) is 0 Å². The van der Waals surface area contributed by atoms with Gasteiger partial charge >= 0.3 is 0 Å². The van der Waals surface area contributed by atoms with Crippen molar-refractivity contribution in [2.24, 2.45) is 0 Å². The van der Waals surface area contributed by atoms with E-state index in [0.717, 1.165) is 5.56 Å². The maximum atomic E-state index is 8.44. The average molecular weight is 122 g/mol. The Morgan fingerprint density at radius 3 is 2.67 bits per heavy atom. The van der Waals surface area contributed by atoms with Gasteiger partial charge < -0.3 is 5.11 Å². The molecule has 1 N–H and O–H groups in total. The van der Waals surface area contributed by atoms with Crippen molar-refractivity contribution in [3.63, 3.8) is 0 Å². The first-order chi connectivity index (χ1) is 4.43. The Balaban J connectivity index is 2.61. The zero-order valence-electron chi connectivity index (χ0n) is 4.99. The van der Waals surface area contributed by atoms with Gasteiger partial charge in [-0.1, -0.05) is 0 Å². The third-order valence-electron chi connectivity index (χ3n) is 1.03. The van der Waals surface area contributed by atoms with Gasteiger partial charge in [-0.2, -0.15) is 0 Å². The molecule has 0 amide bonds. The number of rotatable bonds is 2. The maximum Gasteiger partial charge on any atom is 0.0506 e. The van der Waals surface area contributed by atoms with E-state index in [1.54, 1.807) is 18.8 Å². The third-order valence-corrected chi connectivity index (χ3v) is 1.03. The van der Waals surface area contributed by atoms with E-state index in [0.29, 0.717) is 0 Å². The van der Waals surface area contributed by atoms with Crippen LogP contribution in [0.1, 0.15) is 5.56 Å². The van der Waals surface area contributed by atoms with Gasteiger partial charge in [0.15, 0.2) is 0 Å². The molecular formula is C7H8NO. The van der Waals surface area contributed by atoms with E-state index in [1.807, 2.05) is 12.1 Å². The summed E-state index contributed by atoms with van der Waals surface area (Å²) in [6.45, 7) is 0.0873. The maximum absolute atomic E-state index is 8.44. The predicted octanol–water partition coefficient (Wildman–Crippen LogP) is 0.626. The Hall–Kier alpha value is -0.890. The van der Waals surface area contributed by atoms with Crippen LogP contribution in [0.2, 0.25) is 0 Å². The smallest absolute Gasteiger partial charge is 0.0506 e. The van der Waals surface area contributed by atoms with Gasteiger partial charge in [0.05, 0.1) is 6.61 Å². The molecule has 0 unspecified atom stereocenters. The van der Waals surface area contributed by atoms with E-state index in [1.165, 1.54) is 0 Å². The van der Waals surface area contributed by atoms with Gasteiger partial charge in [0, 0.05) is 18.8 Å². The molecule has 0 atom stereocenters. The number of aliphatic hydroxyl groups excluding tert-OH is 1. The molecule has 0 bridgehead atoms. The summed E-state index contributed by atoms with van der Waals surface area (Å²) in [6.07, 6.45) is 5.12. The summed E-state index contributed by atoms with van der Waals surface area (Å²) in [4.78, 5) is 3.83. The first kappa shape index (κ1) is 6.23. The molecule has 0 spiro atoms. The SMILES string of the molecule is OC[CH]c1ccncc1. The fourth-order valence-corrected chi connectivity index (χ4v) is 0.605. The molecule has 0 fully saturated rings. The lowest BCUT2D eigenvalue weighted by atomic mass is 10.2. The number of hydrogen-bond acceptors (Lipinski definition) is 2. The molecule has 1 aromatic rings. The molecule has 1 heterocycles. The van der Waals surface area contributed by atoms with Crippen LogP contribution in [0, 0.1) is 6.42 Å². The van der Waals surface area contributed by atoms with Crippen LogP contribution in [0.5, 0.6) is 0 Å². The molecule has 2 nitrogen and oxygen atoms in total. The van der Waals surface area contributed by atoms with Crippen LogP contribution in [0.25, 0.3) is 0 Å². The lowest BCUT2D eigenvalue weighted by Crippen LogP contribution is -1.85. The lowest BCUT2D eigenvalue weighted by Gasteiger charge is -1.92. The van der Waals surface area contributed by atoms with Gasteiger partial charge in [0.2, 0.25) is 0 Å². The number of hydrogen-bond donors (Lipinski definition) is 1. The molecule has 0 aromatic carbocycles. The zero-order valence-corrected chi connectivity index (χ0v) is 4.99.